The van der Waals surface area contributed by atoms with Gasteiger partial charge in [-0.05, 0) is 24.3 Å². The van der Waals surface area contributed by atoms with Crippen molar-refractivity contribution in [2.45, 2.75) is 51.2 Å². The van der Waals surface area contributed by atoms with Crippen LogP contribution in [0.2, 0.25) is 0 Å². The number of rotatable bonds is 6. The van der Waals surface area contributed by atoms with Crippen LogP contribution in [-0.4, -0.2) is 23.7 Å². The lowest BCUT2D eigenvalue weighted by atomic mass is 10.1. The molecule has 124 valence electrons. The molecular formula is C17H22N2O3S. The summed E-state index contributed by atoms with van der Waals surface area (Å²) >= 11 is 1.60. The monoisotopic (exact) mass is 334 g/mol. The Morgan fingerprint density at radius 2 is 2.17 bits per heavy atom. The third-order valence-corrected chi connectivity index (χ3v) is 4.91. The highest BCUT2D eigenvalue weighted by Gasteiger charge is 2.15. The maximum absolute atomic E-state index is 11.9. The molecule has 0 atom stereocenters. The van der Waals surface area contributed by atoms with E-state index in [9.17, 15) is 4.79 Å². The quantitative estimate of drug-likeness (QED) is 0.817. The second-order valence-corrected chi connectivity index (χ2v) is 6.86. The van der Waals surface area contributed by atoms with E-state index in [2.05, 4.69) is 10.5 Å². The van der Waals surface area contributed by atoms with Crippen LogP contribution >= 0.6 is 11.3 Å². The second-order valence-electron chi connectivity index (χ2n) is 5.91. The first-order valence-electron chi connectivity index (χ1n) is 8.18. The number of carbonyl (C=O) groups excluding carboxylic acids is 1. The van der Waals surface area contributed by atoms with E-state index in [0.717, 1.165) is 23.5 Å². The van der Waals surface area contributed by atoms with Crippen molar-refractivity contribution < 1.29 is 14.1 Å². The molecule has 1 fully saturated rings. The number of hydrogen-bond donors (Lipinski definition) is 1. The molecule has 1 aliphatic carbocycles. The maximum atomic E-state index is 11.9. The lowest BCUT2D eigenvalue weighted by Crippen LogP contribution is -2.36. The van der Waals surface area contributed by atoms with E-state index in [4.69, 9.17) is 9.26 Å². The molecule has 0 spiro atoms. The molecule has 2 aromatic heterocycles. The average Bonchev–Trinajstić information content (AvgIpc) is 3.16. The van der Waals surface area contributed by atoms with Crippen LogP contribution in [0.25, 0.3) is 10.6 Å². The molecule has 0 saturated heterocycles. The van der Waals surface area contributed by atoms with Gasteiger partial charge in [-0.1, -0.05) is 36.9 Å². The molecule has 0 unspecified atom stereocenters. The Balaban J connectivity index is 1.39. The molecule has 0 aromatic carbocycles. The predicted octanol–water partition coefficient (Wildman–Crippen LogP) is 3.76. The van der Waals surface area contributed by atoms with Crippen molar-refractivity contribution >= 4 is 17.2 Å². The van der Waals surface area contributed by atoms with Gasteiger partial charge in [-0.3, -0.25) is 4.79 Å². The van der Waals surface area contributed by atoms with Crippen LogP contribution in [0.4, 0.5) is 0 Å². The minimum Gasteiger partial charge on any atom is -0.365 e. The minimum absolute atomic E-state index is 0.0427. The van der Waals surface area contributed by atoms with Gasteiger partial charge in [0, 0.05) is 12.1 Å². The zero-order chi connectivity index (χ0) is 15.9. The Kier molecular flexibility index (Phi) is 5.82. The van der Waals surface area contributed by atoms with Crippen LogP contribution in [0, 0.1) is 0 Å². The van der Waals surface area contributed by atoms with Gasteiger partial charge in [-0.15, -0.1) is 11.3 Å². The topological polar surface area (TPSA) is 64.4 Å². The van der Waals surface area contributed by atoms with E-state index in [1.165, 1.54) is 25.7 Å². The number of amides is 1. The van der Waals surface area contributed by atoms with Gasteiger partial charge in [0.2, 0.25) is 5.91 Å². The summed E-state index contributed by atoms with van der Waals surface area (Å²) < 4.78 is 10.7. The molecule has 0 aliphatic heterocycles. The van der Waals surface area contributed by atoms with Gasteiger partial charge < -0.3 is 14.6 Å². The fraction of sp³-hybridized carbons (Fsp3) is 0.529. The van der Waals surface area contributed by atoms with Gasteiger partial charge in [0.15, 0.2) is 5.76 Å². The number of nitrogens with zero attached hydrogens (tertiary/aromatic N) is 1. The molecule has 3 rings (SSSR count). The molecular weight excluding hydrogens is 312 g/mol. The van der Waals surface area contributed by atoms with Crippen LogP contribution < -0.4 is 5.32 Å². The first kappa shape index (κ1) is 16.2. The van der Waals surface area contributed by atoms with Gasteiger partial charge in [0.1, 0.15) is 12.3 Å². The molecule has 2 heterocycles. The molecule has 0 bridgehead atoms. The second kappa shape index (κ2) is 8.26. The van der Waals surface area contributed by atoms with E-state index < -0.39 is 0 Å². The minimum atomic E-state index is -0.0427. The molecule has 5 nitrogen and oxygen atoms in total. The van der Waals surface area contributed by atoms with Crippen LogP contribution in [0.3, 0.4) is 0 Å². The van der Waals surface area contributed by atoms with Gasteiger partial charge >= 0.3 is 0 Å². The maximum Gasteiger partial charge on any atom is 0.246 e. The lowest BCUT2D eigenvalue weighted by molar-refractivity contribution is -0.127. The molecule has 0 radical (unpaired) electrons. The average molecular weight is 334 g/mol. The SMILES string of the molecule is O=C(COCc1cc(-c2cccs2)on1)NC1CCCCCC1. The number of ether oxygens (including phenoxy) is 1. The first-order valence-corrected chi connectivity index (χ1v) is 9.06. The fourth-order valence-corrected chi connectivity index (χ4v) is 3.53. The van der Waals surface area contributed by atoms with Crippen LogP contribution in [0.5, 0.6) is 0 Å². The summed E-state index contributed by atoms with van der Waals surface area (Å²) in [5.74, 6) is 0.695. The summed E-state index contributed by atoms with van der Waals surface area (Å²) in [6.07, 6.45) is 7.13. The summed E-state index contributed by atoms with van der Waals surface area (Å²) in [7, 11) is 0. The van der Waals surface area contributed by atoms with Gasteiger partial charge in [-0.25, -0.2) is 0 Å². The van der Waals surface area contributed by atoms with E-state index >= 15 is 0 Å². The van der Waals surface area contributed by atoms with Crippen molar-refractivity contribution in [3.63, 3.8) is 0 Å². The van der Waals surface area contributed by atoms with Crippen molar-refractivity contribution in [1.29, 1.82) is 0 Å². The Hall–Kier alpha value is -1.66. The van der Waals surface area contributed by atoms with Crippen LogP contribution in [-0.2, 0) is 16.1 Å². The Bertz CT molecular complexity index is 601. The van der Waals surface area contributed by atoms with Crippen molar-refractivity contribution in [1.82, 2.24) is 10.5 Å². The normalized spacial score (nSPS) is 16.2. The smallest absolute Gasteiger partial charge is 0.246 e. The zero-order valence-electron chi connectivity index (χ0n) is 13.1. The van der Waals surface area contributed by atoms with Gasteiger partial charge in [0.05, 0.1) is 11.5 Å². The number of carbonyl (C=O) groups is 1. The summed E-state index contributed by atoms with van der Waals surface area (Å²) in [6.45, 7) is 0.352. The van der Waals surface area contributed by atoms with Gasteiger partial charge in [0.25, 0.3) is 0 Å². The van der Waals surface area contributed by atoms with Crippen LogP contribution in [0.15, 0.2) is 28.1 Å². The fourth-order valence-electron chi connectivity index (χ4n) is 2.86. The summed E-state index contributed by atoms with van der Waals surface area (Å²) in [5.41, 5.74) is 0.704. The Labute approximate surface area is 140 Å². The lowest BCUT2D eigenvalue weighted by Gasteiger charge is -2.15. The number of aromatic nitrogens is 1. The zero-order valence-corrected chi connectivity index (χ0v) is 13.9. The summed E-state index contributed by atoms with van der Waals surface area (Å²) in [5, 5.41) is 9.03. The number of thiophene rings is 1. The van der Waals surface area contributed by atoms with E-state index in [1.807, 2.05) is 23.6 Å². The van der Waals surface area contributed by atoms with E-state index in [1.54, 1.807) is 11.3 Å². The van der Waals surface area contributed by atoms with E-state index in [-0.39, 0.29) is 19.1 Å². The highest BCUT2D eigenvalue weighted by atomic mass is 32.1. The molecule has 1 saturated carbocycles. The number of hydrogen-bond acceptors (Lipinski definition) is 5. The highest BCUT2D eigenvalue weighted by molar-refractivity contribution is 7.13. The Morgan fingerprint density at radius 3 is 2.91 bits per heavy atom. The number of nitrogens with one attached hydrogen (secondary N) is 1. The molecule has 6 heteroatoms. The Morgan fingerprint density at radius 1 is 1.35 bits per heavy atom. The van der Waals surface area contributed by atoms with Crippen molar-refractivity contribution in [2.75, 3.05) is 6.61 Å². The summed E-state index contributed by atoms with van der Waals surface area (Å²) in [6, 6.07) is 6.12. The van der Waals surface area contributed by atoms with Crippen molar-refractivity contribution in [3.05, 3.63) is 29.3 Å². The standard InChI is InChI=1S/C17H22N2O3S/c20-17(18-13-6-3-1-2-4-7-13)12-21-11-14-10-15(22-19-14)16-8-5-9-23-16/h5,8-10,13H,1-4,6-7,11-12H2,(H,18,20). The van der Waals surface area contributed by atoms with E-state index in [0.29, 0.717) is 11.7 Å². The van der Waals surface area contributed by atoms with Crippen molar-refractivity contribution in [2.24, 2.45) is 0 Å². The summed E-state index contributed by atoms with van der Waals surface area (Å²) in [4.78, 5) is 13.0. The molecule has 1 amide bonds. The predicted molar refractivity (Wildman–Crippen MR) is 89.1 cm³/mol. The first-order chi connectivity index (χ1) is 11.3. The third-order valence-electron chi connectivity index (χ3n) is 4.03. The largest absolute Gasteiger partial charge is 0.365 e. The van der Waals surface area contributed by atoms with Crippen LogP contribution in [0.1, 0.15) is 44.2 Å². The van der Waals surface area contributed by atoms with Crippen molar-refractivity contribution in [3.8, 4) is 10.6 Å². The molecule has 2 aromatic rings. The third kappa shape index (κ3) is 4.91. The molecule has 1 aliphatic rings. The molecule has 23 heavy (non-hydrogen) atoms. The molecule has 1 N–H and O–H groups in total. The highest BCUT2D eigenvalue weighted by Crippen LogP contribution is 2.25. The van der Waals surface area contributed by atoms with Gasteiger partial charge in [-0.2, -0.15) is 0 Å².